The third-order valence-electron chi connectivity index (χ3n) is 5.99. The van der Waals surface area contributed by atoms with E-state index in [1.165, 1.54) is 24.8 Å². The van der Waals surface area contributed by atoms with E-state index in [2.05, 4.69) is 70.4 Å². The predicted octanol–water partition coefficient (Wildman–Crippen LogP) is 6.57. The van der Waals surface area contributed by atoms with Crippen LogP contribution >= 0.6 is 0 Å². The lowest BCUT2D eigenvalue weighted by Gasteiger charge is -2.34. The molecule has 2 aromatic rings. The Labute approximate surface area is 183 Å². The Balaban J connectivity index is 2.17. The predicted molar refractivity (Wildman–Crippen MR) is 127 cm³/mol. The number of rotatable bonds is 2. The standard InChI is InChI=1S/C28H37NO/c1-27(2,3)22-19-23(26(30)24(20-22)28(4,5)6)25(29-17-11-8-12-18-29)16-15-21-13-9-7-10-14-21/h7,9-10,13-14,19-20,25,30H,8,11-12,17-18H2,1-6H3. The van der Waals surface area contributed by atoms with Crippen molar-refractivity contribution in [3.63, 3.8) is 0 Å². The molecule has 2 aromatic carbocycles. The SMILES string of the molecule is CC(C)(C)c1cc(C(C#Cc2ccccc2)N2CCCCC2)c(O)c(C(C)(C)C)c1. The Bertz CT molecular complexity index is 913. The Morgan fingerprint density at radius 1 is 0.867 bits per heavy atom. The molecule has 2 heteroatoms. The van der Waals surface area contributed by atoms with Gasteiger partial charge >= 0.3 is 0 Å². The van der Waals surface area contributed by atoms with E-state index < -0.39 is 0 Å². The van der Waals surface area contributed by atoms with Crippen LogP contribution in [0.1, 0.15) is 89.1 Å². The van der Waals surface area contributed by atoms with Crippen molar-refractivity contribution in [2.75, 3.05) is 13.1 Å². The maximum atomic E-state index is 11.4. The summed E-state index contributed by atoms with van der Waals surface area (Å²) in [6, 6.07) is 14.4. The fourth-order valence-corrected chi connectivity index (χ4v) is 4.09. The fraction of sp³-hybridized carbons (Fsp3) is 0.500. The summed E-state index contributed by atoms with van der Waals surface area (Å²) in [6.45, 7) is 15.3. The lowest BCUT2D eigenvalue weighted by atomic mass is 9.78. The smallest absolute Gasteiger partial charge is 0.125 e. The number of hydrogen-bond donors (Lipinski definition) is 1. The lowest BCUT2D eigenvalue weighted by molar-refractivity contribution is 0.194. The molecule has 0 aliphatic carbocycles. The molecule has 2 nitrogen and oxygen atoms in total. The van der Waals surface area contributed by atoms with Crippen molar-refractivity contribution >= 4 is 0 Å². The fourth-order valence-electron chi connectivity index (χ4n) is 4.09. The molecule has 0 radical (unpaired) electrons. The summed E-state index contributed by atoms with van der Waals surface area (Å²) in [5, 5.41) is 11.4. The van der Waals surface area contributed by atoms with E-state index in [1.807, 2.05) is 30.3 Å². The first-order valence-corrected chi connectivity index (χ1v) is 11.3. The maximum absolute atomic E-state index is 11.4. The molecular formula is C28H37NO. The number of phenols is 1. The van der Waals surface area contributed by atoms with Gasteiger partial charge < -0.3 is 5.11 Å². The second kappa shape index (κ2) is 8.86. The van der Waals surface area contributed by atoms with Gasteiger partial charge in [0.05, 0.1) is 0 Å². The molecule has 0 bridgehead atoms. The maximum Gasteiger partial charge on any atom is 0.125 e. The van der Waals surface area contributed by atoms with Crippen LogP contribution in [0.15, 0.2) is 42.5 Å². The molecular weight excluding hydrogens is 366 g/mol. The highest BCUT2D eigenvalue weighted by molar-refractivity contribution is 5.52. The molecule has 3 rings (SSSR count). The third-order valence-corrected chi connectivity index (χ3v) is 5.99. The van der Waals surface area contributed by atoms with Gasteiger partial charge in [-0.05, 0) is 66.1 Å². The summed E-state index contributed by atoms with van der Waals surface area (Å²) < 4.78 is 0. The van der Waals surface area contributed by atoms with E-state index in [-0.39, 0.29) is 16.9 Å². The first-order valence-electron chi connectivity index (χ1n) is 11.3. The van der Waals surface area contributed by atoms with Crippen LogP contribution in [0.5, 0.6) is 5.75 Å². The van der Waals surface area contributed by atoms with Crippen molar-refractivity contribution < 1.29 is 5.11 Å². The zero-order chi connectivity index (χ0) is 21.9. The first-order chi connectivity index (χ1) is 14.1. The monoisotopic (exact) mass is 403 g/mol. The van der Waals surface area contributed by atoms with Crippen molar-refractivity contribution in [2.45, 2.75) is 77.7 Å². The summed E-state index contributed by atoms with van der Waals surface area (Å²) in [5.41, 5.74) is 4.10. The van der Waals surface area contributed by atoms with Crippen LogP contribution in [-0.2, 0) is 10.8 Å². The van der Waals surface area contributed by atoms with Crippen molar-refractivity contribution in [1.29, 1.82) is 0 Å². The number of piperidine rings is 1. The highest BCUT2D eigenvalue weighted by Gasteiger charge is 2.30. The van der Waals surface area contributed by atoms with E-state index in [9.17, 15) is 5.11 Å². The molecule has 0 saturated carbocycles. The Morgan fingerprint density at radius 3 is 2.07 bits per heavy atom. The van der Waals surface area contributed by atoms with E-state index in [0.29, 0.717) is 5.75 Å². The van der Waals surface area contributed by atoms with Crippen LogP contribution < -0.4 is 0 Å². The largest absolute Gasteiger partial charge is 0.507 e. The Hall–Kier alpha value is -2.24. The molecule has 30 heavy (non-hydrogen) atoms. The quantitative estimate of drug-likeness (QED) is 0.574. The second-order valence-corrected chi connectivity index (χ2v) is 10.6. The van der Waals surface area contributed by atoms with Gasteiger partial charge in [-0.25, -0.2) is 0 Å². The first kappa shape index (κ1) is 22.4. The van der Waals surface area contributed by atoms with Gasteiger partial charge in [0.25, 0.3) is 0 Å². The van der Waals surface area contributed by atoms with Crippen LogP contribution in [0.25, 0.3) is 0 Å². The molecule has 1 unspecified atom stereocenters. The molecule has 1 N–H and O–H groups in total. The molecule has 1 saturated heterocycles. The van der Waals surface area contributed by atoms with Gasteiger partial charge in [0.15, 0.2) is 0 Å². The molecule has 1 fully saturated rings. The molecule has 1 atom stereocenters. The van der Waals surface area contributed by atoms with Gasteiger partial charge in [-0.2, -0.15) is 0 Å². The Morgan fingerprint density at radius 2 is 1.50 bits per heavy atom. The van der Waals surface area contributed by atoms with Crippen LogP contribution in [0.4, 0.5) is 0 Å². The van der Waals surface area contributed by atoms with Crippen molar-refractivity contribution in [3.05, 3.63) is 64.7 Å². The van der Waals surface area contributed by atoms with Crippen molar-refractivity contribution in [3.8, 4) is 17.6 Å². The number of likely N-dealkylation sites (tertiary alicyclic amines) is 1. The van der Waals surface area contributed by atoms with E-state index >= 15 is 0 Å². The average Bonchev–Trinajstić information content (AvgIpc) is 2.69. The minimum Gasteiger partial charge on any atom is -0.507 e. The summed E-state index contributed by atoms with van der Waals surface area (Å²) in [4.78, 5) is 2.45. The molecule has 1 aliphatic heterocycles. The van der Waals surface area contributed by atoms with Crippen LogP contribution in [0, 0.1) is 11.8 Å². The summed E-state index contributed by atoms with van der Waals surface area (Å²) in [6.07, 6.45) is 3.65. The minimum absolute atomic E-state index is 0.00174. The molecule has 1 aliphatic rings. The van der Waals surface area contributed by atoms with Gasteiger partial charge in [-0.1, -0.05) is 84.1 Å². The molecule has 0 aromatic heterocycles. The highest BCUT2D eigenvalue weighted by atomic mass is 16.3. The van der Waals surface area contributed by atoms with Gasteiger partial charge in [0, 0.05) is 11.1 Å². The third kappa shape index (κ3) is 5.27. The normalized spacial score (nSPS) is 16.6. The van der Waals surface area contributed by atoms with E-state index in [0.717, 1.165) is 29.8 Å². The topological polar surface area (TPSA) is 23.5 Å². The van der Waals surface area contributed by atoms with Gasteiger partial charge in [-0.15, -0.1) is 0 Å². The molecule has 0 amide bonds. The number of aromatic hydroxyl groups is 1. The number of hydrogen-bond acceptors (Lipinski definition) is 2. The van der Waals surface area contributed by atoms with E-state index in [4.69, 9.17) is 0 Å². The zero-order valence-corrected chi connectivity index (χ0v) is 19.5. The second-order valence-electron chi connectivity index (χ2n) is 10.6. The van der Waals surface area contributed by atoms with E-state index in [1.54, 1.807) is 0 Å². The molecule has 1 heterocycles. The highest BCUT2D eigenvalue weighted by Crippen LogP contribution is 2.41. The number of nitrogens with zero attached hydrogens (tertiary/aromatic N) is 1. The van der Waals surface area contributed by atoms with Crippen molar-refractivity contribution in [2.24, 2.45) is 0 Å². The Kier molecular flexibility index (Phi) is 6.63. The van der Waals surface area contributed by atoms with Crippen LogP contribution in [0.2, 0.25) is 0 Å². The summed E-state index contributed by atoms with van der Waals surface area (Å²) in [5.74, 6) is 7.33. The summed E-state index contributed by atoms with van der Waals surface area (Å²) in [7, 11) is 0. The lowest BCUT2D eigenvalue weighted by Crippen LogP contribution is -2.33. The number of benzene rings is 2. The zero-order valence-electron chi connectivity index (χ0n) is 19.5. The molecule has 0 spiro atoms. The van der Waals surface area contributed by atoms with Crippen LogP contribution in [-0.4, -0.2) is 23.1 Å². The van der Waals surface area contributed by atoms with Crippen LogP contribution in [0.3, 0.4) is 0 Å². The average molecular weight is 404 g/mol. The van der Waals surface area contributed by atoms with Gasteiger partial charge in [0.1, 0.15) is 11.8 Å². The summed E-state index contributed by atoms with van der Waals surface area (Å²) >= 11 is 0. The molecule has 160 valence electrons. The van der Waals surface area contributed by atoms with Gasteiger partial charge in [-0.3, -0.25) is 4.90 Å². The van der Waals surface area contributed by atoms with Crippen molar-refractivity contribution in [1.82, 2.24) is 4.90 Å². The van der Waals surface area contributed by atoms with Gasteiger partial charge in [0.2, 0.25) is 0 Å². The minimum atomic E-state index is -0.139. The number of phenolic OH excluding ortho intramolecular Hbond substituents is 1.